The lowest BCUT2D eigenvalue weighted by Gasteiger charge is -2.03. The van der Waals surface area contributed by atoms with Gasteiger partial charge >= 0.3 is 0 Å². The van der Waals surface area contributed by atoms with Gasteiger partial charge in [0.15, 0.2) is 0 Å². The number of amidine groups is 1. The van der Waals surface area contributed by atoms with Crippen molar-refractivity contribution in [3.8, 4) is 0 Å². The second kappa shape index (κ2) is 8.81. The molecule has 3 aromatic rings. The van der Waals surface area contributed by atoms with Crippen molar-refractivity contribution in [3.63, 3.8) is 0 Å². The van der Waals surface area contributed by atoms with Crippen molar-refractivity contribution in [2.45, 2.75) is 0 Å². The van der Waals surface area contributed by atoms with Gasteiger partial charge in [0.1, 0.15) is 0 Å². The van der Waals surface area contributed by atoms with E-state index in [4.69, 9.17) is 0 Å². The second-order valence-electron chi connectivity index (χ2n) is 5.39. The Bertz CT molecular complexity index is 971. The summed E-state index contributed by atoms with van der Waals surface area (Å²) in [5.74, 6) is 0.386. The number of nitrogens with zero attached hydrogens (tertiary/aromatic N) is 4. The Kier molecular flexibility index (Phi) is 6.01. The highest BCUT2D eigenvalue weighted by Gasteiger charge is 2.05. The fourth-order valence-electron chi connectivity index (χ4n) is 2.12. The molecule has 0 fully saturated rings. The van der Waals surface area contributed by atoms with Crippen LogP contribution in [0.4, 0.5) is 17.1 Å². The third kappa shape index (κ3) is 5.29. The Morgan fingerprint density at radius 1 is 0.926 bits per heavy atom. The van der Waals surface area contributed by atoms with E-state index in [0.29, 0.717) is 11.5 Å². The Balaban J connectivity index is 1.84. The van der Waals surface area contributed by atoms with Crippen molar-refractivity contribution >= 4 is 38.8 Å². The molecule has 27 heavy (non-hydrogen) atoms. The van der Waals surface area contributed by atoms with Crippen molar-refractivity contribution in [2.24, 2.45) is 15.3 Å². The first-order valence-corrected chi connectivity index (χ1v) is 8.72. The molecule has 0 spiro atoms. The van der Waals surface area contributed by atoms with Gasteiger partial charge in [-0.05, 0) is 36.4 Å². The van der Waals surface area contributed by atoms with Crippen LogP contribution >= 0.6 is 15.9 Å². The molecule has 0 bridgehead atoms. The lowest BCUT2D eigenvalue weighted by atomic mass is 10.2. The highest BCUT2D eigenvalue weighted by molar-refractivity contribution is 9.10. The summed E-state index contributed by atoms with van der Waals surface area (Å²) in [5, 5.41) is 23.4. The third-order valence-corrected chi connectivity index (χ3v) is 4.02. The van der Waals surface area contributed by atoms with E-state index in [1.165, 1.54) is 24.3 Å². The highest BCUT2D eigenvalue weighted by Crippen LogP contribution is 2.19. The molecule has 0 aliphatic rings. The first-order chi connectivity index (χ1) is 13.1. The number of nitrogens with one attached hydrogen (secondary N) is 1. The summed E-state index contributed by atoms with van der Waals surface area (Å²) in [6.07, 6.45) is 0. The van der Waals surface area contributed by atoms with Gasteiger partial charge in [-0.3, -0.25) is 15.5 Å². The average Bonchev–Trinajstić information content (AvgIpc) is 2.70. The van der Waals surface area contributed by atoms with Crippen LogP contribution in [0.1, 0.15) is 5.56 Å². The summed E-state index contributed by atoms with van der Waals surface area (Å²) in [5.41, 5.74) is 5.04. The number of hydrazone groups is 1. The number of rotatable bonds is 5. The molecule has 7 nitrogen and oxygen atoms in total. The maximum Gasteiger partial charge on any atom is 0.269 e. The smallest absolute Gasteiger partial charge is 0.269 e. The van der Waals surface area contributed by atoms with Crippen LogP contribution in [-0.2, 0) is 0 Å². The van der Waals surface area contributed by atoms with Gasteiger partial charge in [0.05, 0.1) is 16.3 Å². The van der Waals surface area contributed by atoms with Crippen molar-refractivity contribution in [2.75, 3.05) is 5.43 Å². The van der Waals surface area contributed by atoms with Gasteiger partial charge in [0.25, 0.3) is 5.69 Å². The van der Waals surface area contributed by atoms with Gasteiger partial charge in [0.2, 0.25) is 5.84 Å². The Morgan fingerprint density at radius 3 is 2.22 bits per heavy atom. The number of anilines is 1. The first-order valence-electron chi connectivity index (χ1n) is 7.93. The third-order valence-electron chi connectivity index (χ3n) is 3.49. The molecule has 0 saturated carbocycles. The van der Waals surface area contributed by atoms with Crippen molar-refractivity contribution in [1.82, 2.24) is 0 Å². The van der Waals surface area contributed by atoms with E-state index in [0.717, 1.165) is 15.7 Å². The minimum atomic E-state index is -0.458. The van der Waals surface area contributed by atoms with Gasteiger partial charge in [-0.25, -0.2) is 0 Å². The molecule has 0 unspecified atom stereocenters. The van der Waals surface area contributed by atoms with Crippen molar-refractivity contribution < 1.29 is 4.92 Å². The van der Waals surface area contributed by atoms with E-state index in [1.807, 2.05) is 54.6 Å². The van der Waals surface area contributed by atoms with Gasteiger partial charge in [-0.2, -0.15) is 5.10 Å². The van der Waals surface area contributed by atoms with Crippen molar-refractivity contribution in [1.29, 1.82) is 0 Å². The normalized spacial score (nSPS) is 11.5. The van der Waals surface area contributed by atoms with Gasteiger partial charge in [0, 0.05) is 22.2 Å². The largest absolute Gasteiger partial charge is 0.276 e. The quantitative estimate of drug-likeness (QED) is 0.181. The van der Waals surface area contributed by atoms with E-state index < -0.39 is 4.92 Å². The second-order valence-corrected chi connectivity index (χ2v) is 6.31. The summed E-state index contributed by atoms with van der Waals surface area (Å²) < 4.78 is 0.971. The highest BCUT2D eigenvalue weighted by atomic mass is 79.9. The molecule has 3 rings (SSSR count). The minimum Gasteiger partial charge on any atom is -0.276 e. The zero-order valence-corrected chi connectivity index (χ0v) is 15.6. The molecule has 0 heterocycles. The molecule has 0 amide bonds. The van der Waals surface area contributed by atoms with E-state index in [-0.39, 0.29) is 5.69 Å². The van der Waals surface area contributed by atoms with E-state index in [1.54, 1.807) is 0 Å². The summed E-state index contributed by atoms with van der Waals surface area (Å²) >= 11 is 3.39. The zero-order chi connectivity index (χ0) is 19.1. The average molecular weight is 424 g/mol. The zero-order valence-electron chi connectivity index (χ0n) is 14.0. The number of nitro benzene ring substituents is 1. The molecule has 8 heteroatoms. The number of non-ortho nitro benzene ring substituents is 1. The lowest BCUT2D eigenvalue weighted by molar-refractivity contribution is -0.384. The van der Waals surface area contributed by atoms with Crippen LogP contribution in [0.2, 0.25) is 0 Å². The van der Waals surface area contributed by atoms with Crippen LogP contribution in [0.5, 0.6) is 0 Å². The number of azo groups is 1. The monoisotopic (exact) mass is 423 g/mol. The minimum absolute atomic E-state index is 0.00260. The van der Waals surface area contributed by atoms with Crippen LogP contribution in [0.25, 0.3) is 0 Å². The molecule has 0 saturated heterocycles. The molecule has 0 radical (unpaired) electrons. The maximum atomic E-state index is 10.7. The standard InChI is InChI=1S/C19H14BrN5O2/c20-15-6-8-16(9-7-15)21-23-19(14-4-2-1-3-5-14)24-22-17-10-12-18(13-11-17)25(26)27/h1-13,21H/b23-19+,24-22?. The van der Waals surface area contributed by atoms with Crippen LogP contribution in [0.3, 0.4) is 0 Å². The number of benzene rings is 3. The maximum absolute atomic E-state index is 10.7. The molecular weight excluding hydrogens is 410 g/mol. The summed E-state index contributed by atoms with van der Waals surface area (Å²) in [6.45, 7) is 0. The van der Waals surface area contributed by atoms with Gasteiger partial charge in [-0.15, -0.1) is 10.2 Å². The van der Waals surface area contributed by atoms with Crippen molar-refractivity contribution in [3.05, 3.63) is 99.0 Å². The van der Waals surface area contributed by atoms with E-state index in [2.05, 4.69) is 36.7 Å². The van der Waals surface area contributed by atoms with E-state index in [9.17, 15) is 10.1 Å². The Labute approximate surface area is 163 Å². The number of halogens is 1. The number of nitro groups is 1. The molecular formula is C19H14BrN5O2. The number of hydrogen-bond donors (Lipinski definition) is 1. The molecule has 134 valence electrons. The molecule has 3 aromatic carbocycles. The SMILES string of the molecule is O=[N+]([O-])c1ccc(N=N/C(=N/Nc2ccc(Br)cc2)c2ccccc2)cc1. The molecule has 0 aromatic heterocycles. The predicted octanol–water partition coefficient (Wildman–Crippen LogP) is 5.91. The van der Waals surface area contributed by atoms with Crippen LogP contribution in [0.15, 0.2) is 98.7 Å². The molecule has 1 N–H and O–H groups in total. The summed E-state index contributed by atoms with van der Waals surface area (Å²) in [7, 11) is 0. The first kappa shape index (κ1) is 18.4. The Hall–Kier alpha value is -3.39. The van der Waals surface area contributed by atoms with Gasteiger partial charge in [-0.1, -0.05) is 46.3 Å². The molecule has 0 aliphatic carbocycles. The molecule has 0 atom stereocenters. The number of hydrogen-bond acceptors (Lipinski definition) is 5. The van der Waals surface area contributed by atoms with Crippen LogP contribution in [-0.4, -0.2) is 10.8 Å². The fraction of sp³-hybridized carbons (Fsp3) is 0. The van der Waals surface area contributed by atoms with Crippen LogP contribution < -0.4 is 5.43 Å². The topological polar surface area (TPSA) is 92.2 Å². The molecule has 0 aliphatic heterocycles. The van der Waals surface area contributed by atoms with Gasteiger partial charge < -0.3 is 0 Å². The lowest BCUT2D eigenvalue weighted by Crippen LogP contribution is -2.01. The fourth-order valence-corrected chi connectivity index (χ4v) is 2.38. The van der Waals surface area contributed by atoms with Crippen LogP contribution in [0, 0.1) is 10.1 Å². The van der Waals surface area contributed by atoms with E-state index >= 15 is 0 Å². The summed E-state index contributed by atoms with van der Waals surface area (Å²) in [4.78, 5) is 10.3. The predicted molar refractivity (Wildman–Crippen MR) is 108 cm³/mol. The Morgan fingerprint density at radius 2 is 1.59 bits per heavy atom. The summed E-state index contributed by atoms with van der Waals surface area (Å²) in [6, 6.07) is 22.8.